The van der Waals surface area contributed by atoms with Gasteiger partial charge in [0.15, 0.2) is 0 Å². The molecule has 3 rings (SSSR count). The quantitative estimate of drug-likeness (QED) is 0.909. The van der Waals surface area contributed by atoms with E-state index in [2.05, 4.69) is 66.0 Å². The minimum absolute atomic E-state index is 0.185. The average Bonchev–Trinajstić information content (AvgIpc) is 2.76. The predicted molar refractivity (Wildman–Crippen MR) is 86.3 cm³/mol. The van der Waals surface area contributed by atoms with E-state index in [1.54, 1.807) is 0 Å². The Morgan fingerprint density at radius 2 is 1.95 bits per heavy atom. The summed E-state index contributed by atoms with van der Waals surface area (Å²) in [5.41, 5.74) is 4.01. The summed E-state index contributed by atoms with van der Waals surface area (Å²) in [5.74, 6) is 0. The number of benzene rings is 1. The van der Waals surface area contributed by atoms with E-state index in [4.69, 9.17) is 0 Å². The van der Waals surface area contributed by atoms with Crippen molar-refractivity contribution >= 4 is 0 Å². The Hall–Kier alpha value is -1.61. The van der Waals surface area contributed by atoms with Crippen molar-refractivity contribution < 1.29 is 0 Å². The fourth-order valence-electron chi connectivity index (χ4n) is 3.34. The highest BCUT2D eigenvalue weighted by molar-refractivity contribution is 5.27. The van der Waals surface area contributed by atoms with Crippen molar-refractivity contribution in [1.29, 1.82) is 0 Å². The van der Waals surface area contributed by atoms with Crippen molar-refractivity contribution in [2.45, 2.75) is 58.2 Å². The fourth-order valence-corrected chi connectivity index (χ4v) is 3.34. The Kier molecular flexibility index (Phi) is 3.85. The SMILES string of the molecule is Cc1ncn(CC(C)NC2(c3ccccc3)CCC2)c1C. The van der Waals surface area contributed by atoms with Crippen LogP contribution in [0.1, 0.15) is 43.1 Å². The van der Waals surface area contributed by atoms with Crippen LogP contribution in [0, 0.1) is 13.8 Å². The lowest BCUT2D eigenvalue weighted by atomic mass is 9.71. The van der Waals surface area contributed by atoms with Crippen molar-refractivity contribution in [3.8, 4) is 0 Å². The lowest BCUT2D eigenvalue weighted by Gasteiger charge is -2.45. The van der Waals surface area contributed by atoms with Crippen molar-refractivity contribution in [1.82, 2.24) is 14.9 Å². The largest absolute Gasteiger partial charge is 0.333 e. The van der Waals surface area contributed by atoms with Crippen LogP contribution in [0.15, 0.2) is 36.7 Å². The van der Waals surface area contributed by atoms with Crippen molar-refractivity contribution in [3.63, 3.8) is 0 Å². The van der Waals surface area contributed by atoms with Crippen LogP contribution in [0.25, 0.3) is 0 Å². The molecule has 1 atom stereocenters. The third-order valence-corrected chi connectivity index (χ3v) is 4.87. The lowest BCUT2D eigenvalue weighted by Crippen LogP contribution is -2.52. The first kappa shape index (κ1) is 14.3. The van der Waals surface area contributed by atoms with E-state index < -0.39 is 0 Å². The lowest BCUT2D eigenvalue weighted by molar-refractivity contribution is 0.161. The van der Waals surface area contributed by atoms with Gasteiger partial charge in [0.25, 0.3) is 0 Å². The number of imidazole rings is 1. The van der Waals surface area contributed by atoms with E-state index in [1.807, 2.05) is 6.33 Å². The monoisotopic (exact) mass is 283 g/mol. The first-order valence-electron chi connectivity index (χ1n) is 7.92. The van der Waals surface area contributed by atoms with Gasteiger partial charge in [-0.2, -0.15) is 0 Å². The molecule has 1 aliphatic rings. The first-order valence-corrected chi connectivity index (χ1v) is 7.92. The highest BCUT2D eigenvalue weighted by atomic mass is 15.1. The second kappa shape index (κ2) is 5.64. The van der Waals surface area contributed by atoms with Crippen LogP contribution in [-0.4, -0.2) is 15.6 Å². The maximum Gasteiger partial charge on any atom is 0.0951 e. The third-order valence-electron chi connectivity index (χ3n) is 4.87. The summed E-state index contributed by atoms with van der Waals surface area (Å²) in [4.78, 5) is 4.39. The minimum Gasteiger partial charge on any atom is -0.333 e. The second-order valence-corrected chi connectivity index (χ2v) is 6.41. The van der Waals surface area contributed by atoms with Gasteiger partial charge >= 0.3 is 0 Å². The molecule has 3 heteroatoms. The Morgan fingerprint density at radius 3 is 2.48 bits per heavy atom. The van der Waals surface area contributed by atoms with Gasteiger partial charge in [0.1, 0.15) is 0 Å². The van der Waals surface area contributed by atoms with Crippen LogP contribution >= 0.6 is 0 Å². The van der Waals surface area contributed by atoms with Gasteiger partial charge in [0.2, 0.25) is 0 Å². The summed E-state index contributed by atoms with van der Waals surface area (Å²) in [6.07, 6.45) is 5.75. The molecule has 1 aliphatic carbocycles. The molecule has 0 radical (unpaired) electrons. The third kappa shape index (κ3) is 2.75. The van der Waals surface area contributed by atoms with Crippen LogP contribution in [0.3, 0.4) is 0 Å². The van der Waals surface area contributed by atoms with Gasteiger partial charge in [-0.3, -0.25) is 0 Å². The van der Waals surface area contributed by atoms with Crippen LogP contribution in [0.4, 0.5) is 0 Å². The predicted octanol–water partition coefficient (Wildman–Crippen LogP) is 3.56. The highest BCUT2D eigenvalue weighted by Crippen LogP contribution is 2.41. The van der Waals surface area contributed by atoms with Crippen molar-refractivity contribution in [2.24, 2.45) is 0 Å². The molecule has 3 nitrogen and oxygen atoms in total. The van der Waals surface area contributed by atoms with Crippen LogP contribution < -0.4 is 5.32 Å². The number of nitrogens with zero attached hydrogens (tertiary/aromatic N) is 2. The Labute approximate surface area is 127 Å². The molecule has 0 aliphatic heterocycles. The number of aryl methyl sites for hydroxylation is 1. The molecule has 1 heterocycles. The van der Waals surface area contributed by atoms with Gasteiger partial charge < -0.3 is 9.88 Å². The van der Waals surface area contributed by atoms with E-state index in [0.717, 1.165) is 12.2 Å². The van der Waals surface area contributed by atoms with E-state index in [1.165, 1.54) is 30.5 Å². The molecule has 1 fully saturated rings. The molecule has 1 N–H and O–H groups in total. The summed E-state index contributed by atoms with van der Waals surface area (Å²) in [6, 6.07) is 11.3. The summed E-state index contributed by atoms with van der Waals surface area (Å²) >= 11 is 0. The summed E-state index contributed by atoms with van der Waals surface area (Å²) < 4.78 is 2.25. The molecule has 0 amide bonds. The molecular formula is C18H25N3. The van der Waals surface area contributed by atoms with Crippen LogP contribution in [-0.2, 0) is 12.1 Å². The average molecular weight is 283 g/mol. The summed E-state index contributed by atoms with van der Waals surface area (Å²) in [7, 11) is 0. The number of rotatable bonds is 5. The minimum atomic E-state index is 0.185. The van der Waals surface area contributed by atoms with Gasteiger partial charge in [-0.05, 0) is 45.6 Å². The maximum atomic E-state index is 4.39. The number of nitrogens with one attached hydrogen (secondary N) is 1. The van der Waals surface area contributed by atoms with Gasteiger partial charge in [-0.25, -0.2) is 4.98 Å². The van der Waals surface area contributed by atoms with E-state index in [0.29, 0.717) is 6.04 Å². The summed E-state index contributed by atoms with van der Waals surface area (Å²) in [5, 5.41) is 3.88. The summed E-state index contributed by atoms with van der Waals surface area (Å²) in [6.45, 7) is 7.46. The number of hydrogen-bond donors (Lipinski definition) is 1. The van der Waals surface area contributed by atoms with E-state index >= 15 is 0 Å². The maximum absolute atomic E-state index is 4.39. The molecule has 21 heavy (non-hydrogen) atoms. The molecule has 0 bridgehead atoms. The Bertz CT molecular complexity index is 596. The topological polar surface area (TPSA) is 29.9 Å². The number of hydrogen-bond acceptors (Lipinski definition) is 2. The standard InChI is InChI=1S/C18H25N3/c1-14(12-21-13-19-15(2)16(21)3)20-18(10-7-11-18)17-8-5-4-6-9-17/h4-6,8-9,13-14,20H,7,10-12H2,1-3H3. The molecule has 1 aromatic heterocycles. The van der Waals surface area contributed by atoms with Crippen molar-refractivity contribution in [3.05, 3.63) is 53.6 Å². The number of aromatic nitrogens is 2. The van der Waals surface area contributed by atoms with Gasteiger partial charge in [0.05, 0.1) is 12.0 Å². The molecule has 2 aromatic rings. The second-order valence-electron chi connectivity index (χ2n) is 6.41. The first-order chi connectivity index (χ1) is 10.1. The molecule has 1 saturated carbocycles. The highest BCUT2D eigenvalue weighted by Gasteiger charge is 2.39. The molecule has 112 valence electrons. The molecule has 1 unspecified atom stereocenters. The zero-order chi connectivity index (χ0) is 14.9. The van der Waals surface area contributed by atoms with E-state index in [-0.39, 0.29) is 5.54 Å². The smallest absolute Gasteiger partial charge is 0.0951 e. The zero-order valence-corrected chi connectivity index (χ0v) is 13.3. The van der Waals surface area contributed by atoms with Gasteiger partial charge in [0, 0.05) is 23.8 Å². The van der Waals surface area contributed by atoms with Gasteiger partial charge in [-0.1, -0.05) is 30.3 Å². The Balaban J connectivity index is 1.71. The fraction of sp³-hybridized carbons (Fsp3) is 0.500. The van der Waals surface area contributed by atoms with Crippen LogP contribution in [0.2, 0.25) is 0 Å². The Morgan fingerprint density at radius 1 is 1.24 bits per heavy atom. The van der Waals surface area contributed by atoms with Crippen LogP contribution in [0.5, 0.6) is 0 Å². The molecule has 0 saturated heterocycles. The van der Waals surface area contributed by atoms with Crippen molar-refractivity contribution in [2.75, 3.05) is 0 Å². The normalized spacial score (nSPS) is 18.2. The van der Waals surface area contributed by atoms with E-state index in [9.17, 15) is 0 Å². The molecule has 1 aromatic carbocycles. The zero-order valence-electron chi connectivity index (χ0n) is 13.3. The molecular weight excluding hydrogens is 258 g/mol. The van der Waals surface area contributed by atoms with Gasteiger partial charge in [-0.15, -0.1) is 0 Å². The molecule has 0 spiro atoms.